The van der Waals surface area contributed by atoms with E-state index in [9.17, 15) is 14.0 Å². The smallest absolute Gasteiger partial charge is 0.338 e. The van der Waals surface area contributed by atoms with E-state index in [1.165, 1.54) is 30.3 Å². The van der Waals surface area contributed by atoms with Crippen LogP contribution in [0.15, 0.2) is 60.7 Å². The average Bonchev–Trinajstić information content (AvgIpc) is 2.76. The Hall–Kier alpha value is -2.73. The third-order valence-electron chi connectivity index (χ3n) is 5.53. The zero-order valence-corrected chi connectivity index (χ0v) is 18.7. The molecular formula is C25H32FNO4. The van der Waals surface area contributed by atoms with E-state index in [-0.39, 0.29) is 23.6 Å². The van der Waals surface area contributed by atoms with E-state index in [1.54, 1.807) is 24.9 Å². The van der Waals surface area contributed by atoms with Gasteiger partial charge < -0.3 is 14.4 Å². The van der Waals surface area contributed by atoms with E-state index >= 15 is 0 Å². The minimum absolute atomic E-state index is 0.0367. The highest BCUT2D eigenvalue weighted by molar-refractivity contribution is 5.90. The maximum absolute atomic E-state index is 13.0. The van der Waals surface area contributed by atoms with Crippen molar-refractivity contribution in [2.75, 3.05) is 13.7 Å². The van der Waals surface area contributed by atoms with Gasteiger partial charge in [0.05, 0.1) is 24.3 Å². The van der Waals surface area contributed by atoms with Crippen molar-refractivity contribution in [2.24, 2.45) is 5.92 Å². The van der Waals surface area contributed by atoms with Gasteiger partial charge >= 0.3 is 5.97 Å². The number of carbonyl (C=O) groups excluding carboxylic acids is 2. The first kappa shape index (κ1) is 24.5. The predicted molar refractivity (Wildman–Crippen MR) is 119 cm³/mol. The number of allylic oxidation sites excluding steroid dienone is 3. The molecule has 1 heterocycles. The molecule has 168 valence electrons. The zero-order chi connectivity index (χ0) is 23.0. The van der Waals surface area contributed by atoms with Crippen molar-refractivity contribution in [1.82, 2.24) is 4.90 Å². The van der Waals surface area contributed by atoms with Gasteiger partial charge in [-0.05, 0) is 69.9 Å². The number of ether oxygens (including phenoxy) is 2. The van der Waals surface area contributed by atoms with Gasteiger partial charge in [0.2, 0.25) is 5.91 Å². The number of carbonyl (C=O) groups is 2. The molecule has 1 saturated heterocycles. The van der Waals surface area contributed by atoms with Crippen LogP contribution >= 0.6 is 0 Å². The van der Waals surface area contributed by atoms with Crippen LogP contribution in [0.3, 0.4) is 0 Å². The van der Waals surface area contributed by atoms with Crippen molar-refractivity contribution in [1.29, 1.82) is 0 Å². The standard InChI is InChI=1S/C25H32FNO4/c1-6-17(2)7-9-20-15-23(19(4)30-16-20)27(5)24(28)14-8-18(3)31-25(29)21-10-12-22(26)13-11-21/h6-8,10-14,18-20,23H,1,9,15-16H2,2-5H3/b14-8-,17-7+. The molecule has 0 aliphatic carbocycles. The molecule has 2 rings (SSSR count). The van der Waals surface area contributed by atoms with E-state index in [2.05, 4.69) is 12.7 Å². The lowest BCUT2D eigenvalue weighted by molar-refractivity contribution is -0.134. The average molecular weight is 430 g/mol. The third kappa shape index (κ3) is 7.47. The number of nitrogens with zero attached hydrogens (tertiary/aromatic N) is 1. The fourth-order valence-corrected chi connectivity index (χ4v) is 3.43. The molecule has 0 aromatic heterocycles. The second-order valence-electron chi connectivity index (χ2n) is 8.02. The first-order valence-corrected chi connectivity index (χ1v) is 10.5. The monoisotopic (exact) mass is 429 g/mol. The Balaban J connectivity index is 1.91. The molecule has 4 unspecified atom stereocenters. The van der Waals surface area contributed by atoms with Gasteiger partial charge in [0, 0.05) is 13.1 Å². The summed E-state index contributed by atoms with van der Waals surface area (Å²) in [6.07, 6.45) is 8.01. The van der Waals surface area contributed by atoms with Crippen molar-refractivity contribution in [3.8, 4) is 0 Å². The van der Waals surface area contributed by atoms with Gasteiger partial charge in [-0.2, -0.15) is 0 Å². The molecular weight excluding hydrogens is 397 g/mol. The Morgan fingerprint density at radius 3 is 2.68 bits per heavy atom. The number of likely N-dealkylation sites (N-methyl/N-ethyl adjacent to an activating group) is 1. The van der Waals surface area contributed by atoms with Crippen LogP contribution < -0.4 is 0 Å². The molecule has 1 aromatic rings. The summed E-state index contributed by atoms with van der Waals surface area (Å²) in [5, 5.41) is 0. The molecule has 6 heteroatoms. The molecule has 4 atom stereocenters. The summed E-state index contributed by atoms with van der Waals surface area (Å²) >= 11 is 0. The molecule has 1 aliphatic heterocycles. The molecule has 1 fully saturated rings. The predicted octanol–water partition coefficient (Wildman–Crippen LogP) is 4.70. The molecule has 5 nitrogen and oxygen atoms in total. The number of esters is 1. The third-order valence-corrected chi connectivity index (χ3v) is 5.53. The Morgan fingerprint density at radius 2 is 2.03 bits per heavy atom. The zero-order valence-electron chi connectivity index (χ0n) is 18.7. The Kier molecular flexibility index (Phi) is 9.19. The van der Waals surface area contributed by atoms with Crippen LogP contribution in [0, 0.1) is 11.7 Å². The normalized spacial score (nSPS) is 22.7. The summed E-state index contributed by atoms with van der Waals surface area (Å²) in [5.41, 5.74) is 1.39. The van der Waals surface area contributed by atoms with Gasteiger partial charge in [-0.25, -0.2) is 9.18 Å². The minimum atomic E-state index is -0.602. The van der Waals surface area contributed by atoms with Crippen molar-refractivity contribution < 1.29 is 23.5 Å². The number of amides is 1. The van der Waals surface area contributed by atoms with Crippen molar-refractivity contribution in [3.63, 3.8) is 0 Å². The molecule has 31 heavy (non-hydrogen) atoms. The van der Waals surface area contributed by atoms with Crippen LogP contribution in [0.1, 0.15) is 44.0 Å². The number of benzene rings is 1. The molecule has 0 radical (unpaired) electrons. The quantitative estimate of drug-likeness (QED) is 0.341. The maximum atomic E-state index is 13.0. The van der Waals surface area contributed by atoms with Crippen molar-refractivity contribution >= 4 is 11.9 Å². The van der Waals surface area contributed by atoms with Gasteiger partial charge in [0.1, 0.15) is 11.9 Å². The van der Waals surface area contributed by atoms with Gasteiger partial charge in [-0.3, -0.25) is 4.79 Å². The number of hydrogen-bond donors (Lipinski definition) is 0. The molecule has 0 saturated carbocycles. The fourth-order valence-electron chi connectivity index (χ4n) is 3.43. The molecule has 1 amide bonds. The number of halogens is 1. The summed E-state index contributed by atoms with van der Waals surface area (Å²) < 4.78 is 24.2. The topological polar surface area (TPSA) is 55.8 Å². The van der Waals surface area contributed by atoms with Crippen molar-refractivity contribution in [2.45, 2.75) is 51.9 Å². The summed E-state index contributed by atoms with van der Waals surface area (Å²) in [6.45, 7) is 10.1. The van der Waals surface area contributed by atoms with E-state index in [0.29, 0.717) is 12.5 Å². The largest absolute Gasteiger partial charge is 0.455 e. The van der Waals surface area contributed by atoms with Crippen molar-refractivity contribution in [3.05, 3.63) is 72.1 Å². The SMILES string of the molecule is C=C/C(C)=C/CC1COC(C)C(N(C)C(=O)/C=C\C(C)OC(=O)c2ccc(F)cc2)C1. The van der Waals surface area contributed by atoms with E-state index in [1.807, 2.05) is 19.9 Å². The number of hydrogen-bond acceptors (Lipinski definition) is 4. The highest BCUT2D eigenvalue weighted by Gasteiger charge is 2.32. The Labute approximate surface area is 184 Å². The lowest BCUT2D eigenvalue weighted by atomic mass is 9.90. The Bertz CT molecular complexity index is 830. The molecule has 0 N–H and O–H groups in total. The maximum Gasteiger partial charge on any atom is 0.338 e. The Morgan fingerprint density at radius 1 is 1.35 bits per heavy atom. The first-order valence-electron chi connectivity index (χ1n) is 10.5. The van der Waals surface area contributed by atoms with Crippen LogP contribution in [-0.2, 0) is 14.3 Å². The second kappa shape index (κ2) is 11.6. The molecule has 1 aromatic carbocycles. The van der Waals surface area contributed by atoms with Crippen LogP contribution in [0.5, 0.6) is 0 Å². The molecule has 0 bridgehead atoms. The van der Waals surface area contributed by atoms with E-state index in [4.69, 9.17) is 9.47 Å². The highest BCUT2D eigenvalue weighted by atomic mass is 19.1. The fraction of sp³-hybridized carbons (Fsp3) is 0.440. The van der Waals surface area contributed by atoms with Crippen LogP contribution in [0.4, 0.5) is 4.39 Å². The van der Waals surface area contributed by atoms with Gasteiger partial charge in [-0.1, -0.05) is 24.3 Å². The lowest BCUT2D eigenvalue weighted by Crippen LogP contribution is -2.48. The van der Waals surface area contributed by atoms with Crippen LogP contribution in [-0.4, -0.2) is 48.7 Å². The minimum Gasteiger partial charge on any atom is -0.455 e. The van der Waals surface area contributed by atoms with Crippen LogP contribution in [0.25, 0.3) is 0 Å². The van der Waals surface area contributed by atoms with E-state index < -0.39 is 17.9 Å². The summed E-state index contributed by atoms with van der Waals surface area (Å²) in [5.74, 6) is -0.833. The molecule has 0 spiro atoms. The van der Waals surface area contributed by atoms with E-state index in [0.717, 1.165) is 18.4 Å². The second-order valence-corrected chi connectivity index (χ2v) is 8.02. The van der Waals surface area contributed by atoms with Gasteiger partial charge in [0.25, 0.3) is 0 Å². The highest BCUT2D eigenvalue weighted by Crippen LogP contribution is 2.26. The first-order chi connectivity index (χ1) is 14.7. The summed E-state index contributed by atoms with van der Waals surface area (Å²) in [7, 11) is 1.76. The van der Waals surface area contributed by atoms with Gasteiger partial charge in [0.15, 0.2) is 0 Å². The molecule has 1 aliphatic rings. The summed E-state index contributed by atoms with van der Waals surface area (Å²) in [4.78, 5) is 26.5. The lowest BCUT2D eigenvalue weighted by Gasteiger charge is -2.39. The number of rotatable bonds is 8. The summed E-state index contributed by atoms with van der Waals surface area (Å²) in [6, 6.07) is 5.08. The van der Waals surface area contributed by atoms with Gasteiger partial charge in [-0.15, -0.1) is 0 Å². The van der Waals surface area contributed by atoms with Crippen LogP contribution in [0.2, 0.25) is 0 Å².